The molecule has 0 unspecified atom stereocenters. The highest BCUT2D eigenvalue weighted by Crippen LogP contribution is 2.20. The number of nitrogens with zero attached hydrogens (tertiary/aromatic N) is 3. The molecule has 0 saturated carbocycles. The summed E-state index contributed by atoms with van der Waals surface area (Å²) in [5, 5.41) is 5.75. The van der Waals surface area contributed by atoms with Gasteiger partial charge in [0, 0.05) is 32.0 Å². The Bertz CT molecular complexity index is 578. The molecule has 8 nitrogen and oxygen atoms in total. The molecule has 116 valence electrons. The number of amides is 1. The lowest BCUT2D eigenvalue weighted by Gasteiger charge is -2.21. The highest BCUT2D eigenvalue weighted by atomic mass is 32.2. The number of sulfonamides is 1. The first-order valence-corrected chi connectivity index (χ1v) is 8.58. The molecule has 1 atom stereocenters. The van der Waals surface area contributed by atoms with Crippen LogP contribution in [0.3, 0.4) is 0 Å². The first-order chi connectivity index (χ1) is 9.98. The van der Waals surface area contributed by atoms with Gasteiger partial charge in [0.1, 0.15) is 11.9 Å². The molecule has 0 spiro atoms. The fourth-order valence-electron chi connectivity index (χ4n) is 2.28. The van der Waals surface area contributed by atoms with Gasteiger partial charge in [-0.25, -0.2) is 13.4 Å². The summed E-state index contributed by atoms with van der Waals surface area (Å²) in [6.45, 7) is 1.30. The third-order valence-corrected chi connectivity index (χ3v) is 4.51. The number of anilines is 1. The van der Waals surface area contributed by atoms with E-state index in [-0.39, 0.29) is 5.91 Å². The maximum absolute atomic E-state index is 12.0. The van der Waals surface area contributed by atoms with Crippen molar-refractivity contribution in [3.8, 4) is 0 Å². The number of hydrogen-bond donors (Lipinski definition) is 2. The number of nitrogens with one attached hydrogen (secondary N) is 2. The van der Waals surface area contributed by atoms with Gasteiger partial charge in [0.25, 0.3) is 0 Å². The summed E-state index contributed by atoms with van der Waals surface area (Å²) >= 11 is 0. The van der Waals surface area contributed by atoms with Crippen molar-refractivity contribution in [3.05, 3.63) is 18.6 Å². The van der Waals surface area contributed by atoms with Gasteiger partial charge in [-0.3, -0.25) is 9.78 Å². The van der Waals surface area contributed by atoms with Crippen molar-refractivity contribution in [1.82, 2.24) is 19.6 Å². The van der Waals surface area contributed by atoms with Gasteiger partial charge in [-0.1, -0.05) is 0 Å². The summed E-state index contributed by atoms with van der Waals surface area (Å²) < 4.78 is 24.4. The van der Waals surface area contributed by atoms with Gasteiger partial charge in [-0.2, -0.15) is 4.31 Å². The Morgan fingerprint density at radius 1 is 1.43 bits per heavy atom. The summed E-state index contributed by atoms with van der Waals surface area (Å²) in [5.74, 6) is 0.379. The molecule has 0 bridgehead atoms. The lowest BCUT2D eigenvalue weighted by molar-refractivity contribution is -0.124. The Balaban J connectivity index is 1.77. The van der Waals surface area contributed by atoms with E-state index in [4.69, 9.17) is 0 Å². The van der Waals surface area contributed by atoms with Crippen molar-refractivity contribution >= 4 is 21.7 Å². The predicted molar refractivity (Wildman–Crippen MR) is 78.1 cm³/mol. The topological polar surface area (TPSA) is 104 Å². The second-order valence-electron chi connectivity index (χ2n) is 4.84. The van der Waals surface area contributed by atoms with Crippen LogP contribution in [0.4, 0.5) is 5.82 Å². The Morgan fingerprint density at radius 2 is 2.24 bits per heavy atom. The van der Waals surface area contributed by atoms with E-state index in [2.05, 4.69) is 20.6 Å². The van der Waals surface area contributed by atoms with Gasteiger partial charge >= 0.3 is 0 Å². The van der Waals surface area contributed by atoms with Crippen molar-refractivity contribution in [1.29, 1.82) is 0 Å². The van der Waals surface area contributed by atoms with Crippen LogP contribution in [0.25, 0.3) is 0 Å². The molecule has 2 N–H and O–H groups in total. The van der Waals surface area contributed by atoms with Crippen molar-refractivity contribution in [2.75, 3.05) is 31.2 Å². The fraction of sp³-hybridized carbons (Fsp3) is 0.583. The van der Waals surface area contributed by atoms with Crippen molar-refractivity contribution in [2.45, 2.75) is 18.9 Å². The molecule has 1 amide bonds. The molecule has 0 aliphatic carbocycles. The molecule has 0 aromatic carbocycles. The standard InChI is InChI=1S/C12H19N5O3S/c1-21(19,20)17-8-2-3-10(17)12(18)16-7-6-15-11-9-13-4-5-14-11/h4-5,9-10H,2-3,6-8H2,1H3,(H,14,15)(H,16,18)/t10-/m1/s1. The third kappa shape index (κ3) is 4.36. The lowest BCUT2D eigenvalue weighted by Crippen LogP contribution is -2.46. The molecule has 9 heteroatoms. The summed E-state index contributed by atoms with van der Waals surface area (Å²) in [6, 6.07) is -0.587. The quantitative estimate of drug-likeness (QED) is 0.682. The maximum Gasteiger partial charge on any atom is 0.238 e. The van der Waals surface area contributed by atoms with Crippen LogP contribution in [0.2, 0.25) is 0 Å². The van der Waals surface area contributed by atoms with E-state index in [1.54, 1.807) is 18.6 Å². The van der Waals surface area contributed by atoms with E-state index >= 15 is 0 Å². The molecular weight excluding hydrogens is 294 g/mol. The summed E-state index contributed by atoms with van der Waals surface area (Å²) in [4.78, 5) is 20.0. The number of carbonyl (C=O) groups excluding carboxylic acids is 1. The van der Waals surface area contributed by atoms with Gasteiger partial charge in [0.2, 0.25) is 15.9 Å². The Labute approximate surface area is 124 Å². The Morgan fingerprint density at radius 3 is 2.90 bits per heavy atom. The van der Waals surface area contributed by atoms with E-state index in [1.165, 1.54) is 4.31 Å². The van der Waals surface area contributed by atoms with Crippen LogP contribution in [0.15, 0.2) is 18.6 Å². The first-order valence-electron chi connectivity index (χ1n) is 6.73. The summed E-state index contributed by atoms with van der Waals surface area (Å²) in [6.07, 6.45) is 7.15. The summed E-state index contributed by atoms with van der Waals surface area (Å²) in [5.41, 5.74) is 0. The van der Waals surface area contributed by atoms with Crippen LogP contribution < -0.4 is 10.6 Å². The lowest BCUT2D eigenvalue weighted by atomic mass is 10.2. The molecule has 21 heavy (non-hydrogen) atoms. The molecule has 1 aromatic rings. The summed E-state index contributed by atoms with van der Waals surface area (Å²) in [7, 11) is -3.33. The maximum atomic E-state index is 12.0. The minimum atomic E-state index is -3.33. The van der Waals surface area contributed by atoms with Crippen molar-refractivity contribution < 1.29 is 13.2 Å². The van der Waals surface area contributed by atoms with Crippen molar-refractivity contribution in [3.63, 3.8) is 0 Å². The van der Waals surface area contributed by atoms with E-state index in [0.29, 0.717) is 38.3 Å². The second kappa shape index (κ2) is 6.81. The molecular formula is C12H19N5O3S. The van der Waals surface area contributed by atoms with Gasteiger partial charge in [0.05, 0.1) is 12.5 Å². The molecule has 1 aliphatic heterocycles. The Hall–Kier alpha value is -1.74. The van der Waals surface area contributed by atoms with Gasteiger partial charge in [0.15, 0.2) is 0 Å². The van der Waals surface area contributed by atoms with Crippen LogP contribution in [-0.4, -0.2) is 60.5 Å². The molecule has 2 rings (SSSR count). The van der Waals surface area contributed by atoms with E-state index < -0.39 is 16.1 Å². The van der Waals surface area contributed by atoms with Crippen LogP contribution in [0.5, 0.6) is 0 Å². The van der Waals surface area contributed by atoms with Gasteiger partial charge in [-0.05, 0) is 12.8 Å². The Kier molecular flexibility index (Phi) is 5.07. The van der Waals surface area contributed by atoms with Crippen LogP contribution in [0, 0.1) is 0 Å². The molecule has 1 aliphatic rings. The monoisotopic (exact) mass is 313 g/mol. The van der Waals surface area contributed by atoms with E-state index in [9.17, 15) is 13.2 Å². The van der Waals surface area contributed by atoms with Crippen LogP contribution in [-0.2, 0) is 14.8 Å². The van der Waals surface area contributed by atoms with Gasteiger partial charge in [-0.15, -0.1) is 0 Å². The van der Waals surface area contributed by atoms with Crippen LogP contribution >= 0.6 is 0 Å². The normalized spacial score (nSPS) is 19.4. The first kappa shape index (κ1) is 15.6. The smallest absolute Gasteiger partial charge is 0.238 e. The third-order valence-electron chi connectivity index (χ3n) is 3.23. The van der Waals surface area contributed by atoms with Gasteiger partial charge < -0.3 is 10.6 Å². The minimum absolute atomic E-state index is 0.251. The largest absolute Gasteiger partial charge is 0.367 e. The predicted octanol–water partition coefficient (Wildman–Crippen LogP) is -0.571. The number of rotatable bonds is 6. The second-order valence-corrected chi connectivity index (χ2v) is 6.78. The molecule has 1 saturated heterocycles. The van der Waals surface area contributed by atoms with Crippen molar-refractivity contribution in [2.24, 2.45) is 0 Å². The zero-order chi connectivity index (χ0) is 15.3. The zero-order valence-corrected chi connectivity index (χ0v) is 12.6. The minimum Gasteiger partial charge on any atom is -0.367 e. The highest BCUT2D eigenvalue weighted by Gasteiger charge is 2.36. The van der Waals surface area contributed by atoms with Crippen LogP contribution in [0.1, 0.15) is 12.8 Å². The average molecular weight is 313 g/mol. The highest BCUT2D eigenvalue weighted by molar-refractivity contribution is 7.88. The molecule has 0 radical (unpaired) electrons. The molecule has 1 aromatic heterocycles. The van der Waals surface area contributed by atoms with E-state index in [1.807, 2.05) is 0 Å². The zero-order valence-electron chi connectivity index (χ0n) is 11.8. The number of carbonyl (C=O) groups is 1. The van der Waals surface area contributed by atoms with E-state index in [0.717, 1.165) is 6.26 Å². The molecule has 2 heterocycles. The fourth-order valence-corrected chi connectivity index (χ4v) is 3.41. The number of hydrogen-bond acceptors (Lipinski definition) is 6. The SMILES string of the molecule is CS(=O)(=O)N1CCC[C@@H]1C(=O)NCCNc1cnccn1. The number of aromatic nitrogens is 2. The average Bonchev–Trinajstić information content (AvgIpc) is 2.94. The molecule has 1 fully saturated rings.